The van der Waals surface area contributed by atoms with E-state index in [9.17, 15) is 9.18 Å². The summed E-state index contributed by atoms with van der Waals surface area (Å²) in [5.41, 5.74) is 2.53. The number of carbonyl (C=O) groups is 1. The van der Waals surface area contributed by atoms with Gasteiger partial charge in [-0.3, -0.25) is 4.79 Å². The molecule has 108 valence electrons. The Labute approximate surface area is 123 Å². The first-order valence-corrected chi connectivity index (χ1v) is 7.00. The summed E-state index contributed by atoms with van der Waals surface area (Å²) in [6, 6.07) is 14.3. The first kappa shape index (κ1) is 13.6. The van der Waals surface area contributed by atoms with Crippen molar-refractivity contribution in [3.05, 3.63) is 59.9 Å². The van der Waals surface area contributed by atoms with Crippen molar-refractivity contribution in [3.8, 4) is 0 Å². The summed E-state index contributed by atoms with van der Waals surface area (Å²) in [5, 5.41) is 3.27. The quantitative estimate of drug-likeness (QED) is 0.919. The Morgan fingerprint density at radius 1 is 1.19 bits per heavy atom. The number of nitrogens with zero attached hydrogens (tertiary/aromatic N) is 1. The lowest BCUT2D eigenvalue weighted by molar-refractivity contribution is -0.121. The Bertz CT molecular complexity index is 671. The largest absolute Gasteiger partial charge is 0.384 e. The highest BCUT2D eigenvalue weighted by molar-refractivity contribution is 5.95. The van der Waals surface area contributed by atoms with E-state index in [1.165, 1.54) is 11.0 Å². The summed E-state index contributed by atoms with van der Waals surface area (Å²) in [7, 11) is 1.63. The molecule has 3 nitrogen and oxygen atoms in total. The number of fused-ring (bicyclic) bond motifs is 1. The van der Waals surface area contributed by atoms with E-state index in [1.807, 2.05) is 24.3 Å². The lowest BCUT2D eigenvalue weighted by Gasteiger charge is -2.29. The summed E-state index contributed by atoms with van der Waals surface area (Å²) in [6.45, 7) is 0.578. The number of benzene rings is 2. The van der Waals surface area contributed by atoms with Gasteiger partial charge in [-0.05, 0) is 30.2 Å². The predicted octanol–water partition coefficient (Wildman–Crippen LogP) is 3.07. The van der Waals surface area contributed by atoms with Gasteiger partial charge in [0.2, 0.25) is 5.91 Å². The molecule has 1 unspecified atom stereocenters. The highest BCUT2D eigenvalue weighted by Gasteiger charge is 2.28. The Kier molecular flexibility index (Phi) is 3.60. The number of para-hydroxylation sites is 2. The van der Waals surface area contributed by atoms with Crippen LogP contribution in [0, 0.1) is 11.7 Å². The first-order valence-electron chi connectivity index (χ1n) is 7.00. The molecule has 1 heterocycles. The monoisotopic (exact) mass is 284 g/mol. The molecule has 1 aliphatic heterocycles. The third-order valence-electron chi connectivity index (χ3n) is 3.92. The summed E-state index contributed by atoms with van der Waals surface area (Å²) < 4.78 is 13.8. The smallest absolute Gasteiger partial charge is 0.232 e. The zero-order valence-electron chi connectivity index (χ0n) is 11.8. The van der Waals surface area contributed by atoms with Crippen LogP contribution in [0.5, 0.6) is 0 Å². The SMILES string of the molecule is CN(C(=O)C1CNc2ccccc2C1)c1ccccc1F. The number of halogens is 1. The van der Waals surface area contributed by atoms with Gasteiger partial charge >= 0.3 is 0 Å². The van der Waals surface area contributed by atoms with Gasteiger partial charge in [-0.2, -0.15) is 0 Å². The molecule has 0 fully saturated rings. The van der Waals surface area contributed by atoms with Crippen LogP contribution in [0.15, 0.2) is 48.5 Å². The minimum Gasteiger partial charge on any atom is -0.384 e. The van der Waals surface area contributed by atoms with Gasteiger partial charge in [0.25, 0.3) is 0 Å². The highest BCUT2D eigenvalue weighted by atomic mass is 19.1. The molecule has 0 spiro atoms. The molecule has 21 heavy (non-hydrogen) atoms. The minimum atomic E-state index is -0.377. The third-order valence-corrected chi connectivity index (χ3v) is 3.92. The highest BCUT2D eigenvalue weighted by Crippen LogP contribution is 2.27. The van der Waals surface area contributed by atoms with Gasteiger partial charge in [-0.15, -0.1) is 0 Å². The second kappa shape index (κ2) is 5.56. The van der Waals surface area contributed by atoms with Crippen molar-refractivity contribution in [1.29, 1.82) is 0 Å². The maximum absolute atomic E-state index is 13.8. The molecule has 1 atom stereocenters. The van der Waals surface area contributed by atoms with E-state index in [4.69, 9.17) is 0 Å². The van der Waals surface area contributed by atoms with E-state index in [2.05, 4.69) is 5.32 Å². The van der Waals surface area contributed by atoms with Gasteiger partial charge in [-0.1, -0.05) is 30.3 Å². The van der Waals surface area contributed by atoms with Gasteiger partial charge in [-0.25, -0.2) is 4.39 Å². The lowest BCUT2D eigenvalue weighted by atomic mass is 9.93. The molecule has 0 saturated heterocycles. The van der Waals surface area contributed by atoms with E-state index >= 15 is 0 Å². The van der Waals surface area contributed by atoms with Crippen molar-refractivity contribution in [2.24, 2.45) is 5.92 Å². The molecular formula is C17H17FN2O. The number of anilines is 2. The van der Waals surface area contributed by atoms with Crippen LogP contribution in [0.4, 0.5) is 15.8 Å². The number of rotatable bonds is 2. The zero-order chi connectivity index (χ0) is 14.8. The zero-order valence-corrected chi connectivity index (χ0v) is 11.8. The van der Waals surface area contributed by atoms with Crippen LogP contribution in [0.25, 0.3) is 0 Å². The van der Waals surface area contributed by atoms with Gasteiger partial charge in [0.15, 0.2) is 0 Å². The van der Waals surface area contributed by atoms with E-state index in [1.54, 1.807) is 25.2 Å². The Hall–Kier alpha value is -2.36. The average molecular weight is 284 g/mol. The number of amides is 1. The number of hydrogen-bond acceptors (Lipinski definition) is 2. The maximum Gasteiger partial charge on any atom is 0.232 e. The standard InChI is InChI=1S/C17H17FN2O/c1-20(16-9-5-3-7-14(16)18)17(21)13-10-12-6-2-4-8-15(12)19-11-13/h2-9,13,19H,10-11H2,1H3. The second-order valence-corrected chi connectivity index (χ2v) is 5.29. The van der Waals surface area contributed by atoms with Crippen molar-refractivity contribution in [1.82, 2.24) is 0 Å². The molecule has 1 N–H and O–H groups in total. The molecule has 0 saturated carbocycles. The molecule has 0 bridgehead atoms. The normalized spacial score (nSPS) is 16.8. The molecule has 2 aromatic carbocycles. The van der Waals surface area contributed by atoms with Crippen LogP contribution in [-0.4, -0.2) is 19.5 Å². The molecule has 0 aliphatic carbocycles. The number of nitrogens with one attached hydrogen (secondary N) is 1. The van der Waals surface area contributed by atoms with Gasteiger partial charge in [0, 0.05) is 19.3 Å². The van der Waals surface area contributed by atoms with E-state index in [-0.39, 0.29) is 17.6 Å². The summed E-state index contributed by atoms with van der Waals surface area (Å²) in [6.07, 6.45) is 0.681. The van der Waals surface area contributed by atoms with Gasteiger partial charge in [0.1, 0.15) is 5.82 Å². The molecule has 0 aromatic heterocycles. The predicted molar refractivity (Wildman–Crippen MR) is 81.9 cm³/mol. The van der Waals surface area contributed by atoms with Crippen LogP contribution < -0.4 is 10.2 Å². The fourth-order valence-corrected chi connectivity index (χ4v) is 2.73. The van der Waals surface area contributed by atoms with Crippen LogP contribution in [0.2, 0.25) is 0 Å². The Morgan fingerprint density at radius 3 is 2.71 bits per heavy atom. The fourth-order valence-electron chi connectivity index (χ4n) is 2.73. The maximum atomic E-state index is 13.8. The summed E-state index contributed by atoms with van der Waals surface area (Å²) in [4.78, 5) is 14.0. The van der Waals surface area contributed by atoms with E-state index < -0.39 is 0 Å². The third kappa shape index (κ3) is 2.61. The lowest BCUT2D eigenvalue weighted by Crippen LogP contribution is -2.39. The van der Waals surface area contributed by atoms with E-state index in [0.717, 1.165) is 11.3 Å². The molecule has 2 aromatic rings. The Balaban J connectivity index is 1.79. The van der Waals surface area contributed by atoms with Crippen LogP contribution in [0.1, 0.15) is 5.56 Å². The number of hydrogen-bond donors (Lipinski definition) is 1. The summed E-state index contributed by atoms with van der Waals surface area (Å²) >= 11 is 0. The molecule has 0 radical (unpaired) electrons. The average Bonchev–Trinajstić information content (AvgIpc) is 2.53. The minimum absolute atomic E-state index is 0.0675. The van der Waals surface area contributed by atoms with Gasteiger partial charge < -0.3 is 10.2 Å². The van der Waals surface area contributed by atoms with E-state index in [0.29, 0.717) is 18.7 Å². The fraction of sp³-hybridized carbons (Fsp3) is 0.235. The Morgan fingerprint density at radius 2 is 1.90 bits per heavy atom. The van der Waals surface area contributed by atoms with Crippen LogP contribution >= 0.6 is 0 Å². The van der Waals surface area contributed by atoms with Crippen molar-refractivity contribution in [2.45, 2.75) is 6.42 Å². The van der Waals surface area contributed by atoms with Crippen molar-refractivity contribution < 1.29 is 9.18 Å². The summed E-state index contributed by atoms with van der Waals surface area (Å²) in [5.74, 6) is -0.621. The van der Waals surface area contributed by atoms with Gasteiger partial charge in [0.05, 0.1) is 11.6 Å². The van der Waals surface area contributed by atoms with Crippen molar-refractivity contribution in [3.63, 3.8) is 0 Å². The topological polar surface area (TPSA) is 32.3 Å². The molecule has 1 aliphatic rings. The van der Waals surface area contributed by atoms with Crippen LogP contribution in [0.3, 0.4) is 0 Å². The molecule has 3 rings (SSSR count). The van der Waals surface area contributed by atoms with Crippen molar-refractivity contribution >= 4 is 17.3 Å². The first-order chi connectivity index (χ1) is 10.2. The molecule has 1 amide bonds. The molecular weight excluding hydrogens is 267 g/mol. The second-order valence-electron chi connectivity index (χ2n) is 5.29. The van der Waals surface area contributed by atoms with Crippen LogP contribution in [-0.2, 0) is 11.2 Å². The van der Waals surface area contributed by atoms with Crippen molar-refractivity contribution in [2.75, 3.05) is 23.8 Å². The molecule has 4 heteroatoms. The number of carbonyl (C=O) groups excluding carboxylic acids is 1.